The van der Waals surface area contributed by atoms with Crippen LogP contribution in [0, 0.1) is 5.41 Å². The normalized spacial score (nSPS) is 14.7. The van der Waals surface area contributed by atoms with Crippen molar-refractivity contribution < 1.29 is 14.7 Å². The van der Waals surface area contributed by atoms with Crippen molar-refractivity contribution in [2.75, 3.05) is 36.4 Å². The number of benzene rings is 1. The van der Waals surface area contributed by atoms with E-state index in [9.17, 15) is 14.7 Å². The number of urea groups is 1. The van der Waals surface area contributed by atoms with E-state index in [1.54, 1.807) is 42.2 Å². The van der Waals surface area contributed by atoms with Crippen molar-refractivity contribution in [2.24, 2.45) is 5.41 Å². The third-order valence-electron chi connectivity index (χ3n) is 5.08. The second-order valence-corrected chi connectivity index (χ2v) is 9.17. The van der Waals surface area contributed by atoms with E-state index in [1.807, 2.05) is 18.3 Å². The largest absolute Gasteiger partial charge is 0.481 e. The van der Waals surface area contributed by atoms with Crippen LogP contribution in [0.5, 0.6) is 0 Å². The Morgan fingerprint density at radius 2 is 1.93 bits per heavy atom. The zero-order valence-corrected chi connectivity index (χ0v) is 18.1. The van der Waals surface area contributed by atoms with Gasteiger partial charge < -0.3 is 20.2 Å². The smallest absolute Gasteiger partial charge is 0.322 e. The standard InChI is InChI=1S/C20H25ClN4O3S/c1-20(2,18(26)27)8-7-16-22-13-17(29-16)24-9-11-25(12-10-24)19(28)23-15-6-4-3-5-14(15)21/h3-6,13H,7-12H2,1-2H3,(H,23,28)(H,26,27). The van der Waals surface area contributed by atoms with Crippen LogP contribution in [-0.4, -0.2) is 53.2 Å². The zero-order chi connectivity index (χ0) is 21.0. The molecule has 1 fully saturated rings. The highest BCUT2D eigenvalue weighted by Crippen LogP contribution is 2.29. The first-order valence-electron chi connectivity index (χ1n) is 9.50. The highest BCUT2D eigenvalue weighted by atomic mass is 35.5. The van der Waals surface area contributed by atoms with Crippen molar-refractivity contribution in [3.8, 4) is 0 Å². The number of hydrogen-bond donors (Lipinski definition) is 2. The maximum atomic E-state index is 12.5. The average molecular weight is 437 g/mol. The lowest BCUT2D eigenvalue weighted by Gasteiger charge is -2.35. The van der Waals surface area contributed by atoms with Crippen molar-refractivity contribution in [3.05, 3.63) is 40.5 Å². The summed E-state index contributed by atoms with van der Waals surface area (Å²) in [5.41, 5.74) is -0.148. The monoisotopic (exact) mass is 436 g/mol. The molecule has 156 valence electrons. The van der Waals surface area contributed by atoms with Gasteiger partial charge in [-0.1, -0.05) is 23.7 Å². The minimum absolute atomic E-state index is 0.154. The van der Waals surface area contributed by atoms with Gasteiger partial charge in [0.05, 0.1) is 27.3 Å². The quantitative estimate of drug-likeness (QED) is 0.708. The molecule has 7 nitrogen and oxygen atoms in total. The molecule has 2 N–H and O–H groups in total. The number of carboxylic acid groups (broad SMARTS) is 1. The first kappa shape index (κ1) is 21.4. The molecule has 0 unspecified atom stereocenters. The van der Waals surface area contributed by atoms with E-state index >= 15 is 0 Å². The number of amides is 2. The molecule has 0 radical (unpaired) electrons. The lowest BCUT2D eigenvalue weighted by molar-refractivity contribution is -0.147. The van der Waals surface area contributed by atoms with E-state index in [2.05, 4.69) is 15.2 Å². The van der Waals surface area contributed by atoms with Gasteiger partial charge >= 0.3 is 12.0 Å². The molecule has 2 aromatic rings. The van der Waals surface area contributed by atoms with Crippen LogP contribution in [0.2, 0.25) is 5.02 Å². The number of aromatic nitrogens is 1. The lowest BCUT2D eigenvalue weighted by Crippen LogP contribution is -2.50. The van der Waals surface area contributed by atoms with Gasteiger partial charge in [-0.3, -0.25) is 4.79 Å². The topological polar surface area (TPSA) is 85.8 Å². The number of aliphatic carboxylic acids is 1. The van der Waals surface area contributed by atoms with Crippen LogP contribution in [0.15, 0.2) is 30.5 Å². The number of para-hydroxylation sites is 1. The van der Waals surface area contributed by atoms with Crippen LogP contribution < -0.4 is 10.2 Å². The highest BCUT2D eigenvalue weighted by Gasteiger charge is 2.27. The number of piperazine rings is 1. The van der Waals surface area contributed by atoms with Crippen LogP contribution in [-0.2, 0) is 11.2 Å². The second kappa shape index (κ2) is 9.00. The van der Waals surface area contributed by atoms with Gasteiger partial charge in [0.2, 0.25) is 0 Å². The number of aryl methyl sites for hydroxylation is 1. The van der Waals surface area contributed by atoms with Crippen LogP contribution >= 0.6 is 22.9 Å². The average Bonchev–Trinajstić information content (AvgIpc) is 3.17. The molecule has 1 aromatic carbocycles. The van der Waals surface area contributed by atoms with Gasteiger partial charge in [0.1, 0.15) is 5.00 Å². The Kier molecular flexibility index (Phi) is 6.64. The van der Waals surface area contributed by atoms with Crippen LogP contribution in [0.25, 0.3) is 0 Å². The summed E-state index contributed by atoms with van der Waals surface area (Å²) in [4.78, 5) is 32.2. The van der Waals surface area contributed by atoms with E-state index in [-0.39, 0.29) is 6.03 Å². The number of halogens is 1. The summed E-state index contributed by atoms with van der Waals surface area (Å²) in [6, 6.07) is 7.02. The molecular weight excluding hydrogens is 412 g/mol. The molecule has 0 atom stereocenters. The van der Waals surface area contributed by atoms with Crippen LogP contribution in [0.3, 0.4) is 0 Å². The Labute approximate surface area is 179 Å². The molecule has 0 aliphatic carbocycles. The Morgan fingerprint density at radius 3 is 2.59 bits per heavy atom. The molecule has 3 rings (SSSR count). The third-order valence-corrected chi connectivity index (χ3v) is 6.53. The molecule has 0 bridgehead atoms. The van der Waals surface area contributed by atoms with Gasteiger partial charge in [-0.25, -0.2) is 9.78 Å². The van der Waals surface area contributed by atoms with Gasteiger partial charge in [-0.2, -0.15) is 0 Å². The Morgan fingerprint density at radius 1 is 1.24 bits per heavy atom. The van der Waals surface area contributed by atoms with E-state index < -0.39 is 11.4 Å². The number of anilines is 2. The first-order valence-corrected chi connectivity index (χ1v) is 10.7. The van der Waals surface area contributed by atoms with Gasteiger partial charge in [-0.15, -0.1) is 11.3 Å². The van der Waals surface area contributed by atoms with Gasteiger partial charge in [0.25, 0.3) is 0 Å². The summed E-state index contributed by atoms with van der Waals surface area (Å²) in [6.45, 7) is 6.12. The number of carboxylic acids is 1. The number of nitrogens with one attached hydrogen (secondary N) is 1. The predicted octanol–water partition coefficient (Wildman–Crippen LogP) is 4.19. The fraction of sp³-hybridized carbons (Fsp3) is 0.450. The van der Waals surface area contributed by atoms with Crippen LogP contribution in [0.4, 0.5) is 15.5 Å². The van der Waals surface area contributed by atoms with Crippen molar-refractivity contribution >= 4 is 45.6 Å². The van der Waals surface area contributed by atoms with Crippen molar-refractivity contribution in [1.29, 1.82) is 0 Å². The fourth-order valence-corrected chi connectivity index (χ4v) is 4.13. The summed E-state index contributed by atoms with van der Waals surface area (Å²) in [6.07, 6.45) is 3.03. The summed E-state index contributed by atoms with van der Waals surface area (Å²) < 4.78 is 0. The van der Waals surface area contributed by atoms with Crippen molar-refractivity contribution in [2.45, 2.75) is 26.7 Å². The second-order valence-electron chi connectivity index (χ2n) is 7.67. The number of nitrogens with zero attached hydrogens (tertiary/aromatic N) is 3. The summed E-state index contributed by atoms with van der Waals surface area (Å²) in [5.74, 6) is -0.791. The maximum absolute atomic E-state index is 12.5. The number of carbonyl (C=O) groups is 2. The molecule has 29 heavy (non-hydrogen) atoms. The SMILES string of the molecule is CC(C)(CCc1ncc(N2CCN(C(=O)Nc3ccccc3Cl)CC2)s1)C(=O)O. The van der Waals surface area contributed by atoms with Gasteiger partial charge in [-0.05, 0) is 32.4 Å². The summed E-state index contributed by atoms with van der Waals surface area (Å²) in [5, 5.41) is 14.6. The first-order chi connectivity index (χ1) is 13.8. The molecule has 2 heterocycles. The minimum Gasteiger partial charge on any atom is -0.481 e. The number of hydrogen-bond acceptors (Lipinski definition) is 5. The predicted molar refractivity (Wildman–Crippen MR) is 116 cm³/mol. The fourth-order valence-electron chi connectivity index (χ4n) is 2.98. The zero-order valence-electron chi connectivity index (χ0n) is 16.5. The molecule has 2 amide bonds. The molecule has 0 spiro atoms. The van der Waals surface area contributed by atoms with Crippen molar-refractivity contribution in [1.82, 2.24) is 9.88 Å². The number of thiazole rings is 1. The van der Waals surface area contributed by atoms with Crippen LogP contribution in [0.1, 0.15) is 25.3 Å². The molecule has 0 saturated carbocycles. The van der Waals surface area contributed by atoms with E-state index in [4.69, 9.17) is 11.6 Å². The molecule has 1 saturated heterocycles. The Hall–Kier alpha value is -2.32. The molecular formula is C20H25ClN4O3S. The number of rotatable bonds is 6. The number of carbonyl (C=O) groups excluding carboxylic acids is 1. The third kappa shape index (κ3) is 5.39. The highest BCUT2D eigenvalue weighted by molar-refractivity contribution is 7.15. The van der Waals surface area contributed by atoms with Crippen molar-refractivity contribution in [3.63, 3.8) is 0 Å². The molecule has 9 heteroatoms. The Balaban J connectivity index is 1.51. The summed E-state index contributed by atoms with van der Waals surface area (Å²) >= 11 is 7.70. The van der Waals surface area contributed by atoms with E-state index in [0.29, 0.717) is 36.6 Å². The summed E-state index contributed by atoms with van der Waals surface area (Å²) in [7, 11) is 0. The van der Waals surface area contributed by atoms with E-state index in [0.717, 1.165) is 23.1 Å². The minimum atomic E-state index is -0.791. The van der Waals surface area contributed by atoms with Gasteiger partial charge in [0.15, 0.2) is 0 Å². The lowest BCUT2D eigenvalue weighted by atomic mass is 9.88. The Bertz CT molecular complexity index is 878. The maximum Gasteiger partial charge on any atom is 0.322 e. The molecule has 1 aromatic heterocycles. The van der Waals surface area contributed by atoms with E-state index in [1.165, 1.54) is 0 Å². The molecule has 1 aliphatic rings. The molecule has 1 aliphatic heterocycles. The van der Waals surface area contributed by atoms with Gasteiger partial charge in [0, 0.05) is 32.6 Å².